The second-order valence-electron chi connectivity index (χ2n) is 5.36. The molecule has 96 valence electrons. The third-order valence-electron chi connectivity index (χ3n) is 3.90. The van der Waals surface area contributed by atoms with E-state index in [0.29, 0.717) is 25.2 Å². The predicted octanol–water partition coefficient (Wildman–Crippen LogP) is 2.37. The van der Waals surface area contributed by atoms with Crippen molar-refractivity contribution in [3.05, 3.63) is 0 Å². The van der Waals surface area contributed by atoms with Crippen LogP contribution in [0.15, 0.2) is 0 Å². The van der Waals surface area contributed by atoms with Gasteiger partial charge in [0.05, 0.1) is 6.61 Å². The van der Waals surface area contributed by atoms with E-state index < -0.39 is 0 Å². The molecule has 1 spiro atoms. The number of likely N-dealkylation sites (tertiary alicyclic amines) is 1. The lowest BCUT2D eigenvalue weighted by atomic mass is 9.68. The molecule has 1 saturated carbocycles. The van der Waals surface area contributed by atoms with Gasteiger partial charge in [0.1, 0.15) is 5.78 Å². The average Bonchev–Trinajstić information content (AvgIpc) is 2.27. The lowest BCUT2D eigenvalue weighted by molar-refractivity contribution is -0.125. The van der Waals surface area contributed by atoms with Crippen LogP contribution in [-0.4, -0.2) is 36.5 Å². The summed E-state index contributed by atoms with van der Waals surface area (Å²) < 4.78 is 5.16. The van der Waals surface area contributed by atoms with Crippen molar-refractivity contribution in [1.82, 2.24) is 4.90 Å². The number of hydrogen-bond acceptors (Lipinski definition) is 3. The minimum absolute atomic E-state index is 0.180. The Balaban J connectivity index is 1.71. The molecule has 0 aromatic heterocycles. The maximum atomic E-state index is 11.6. The number of Topliss-reactive ketones (excluding diaryl/α,β-unsaturated/α-hetero) is 1. The number of unbranched alkanes of at least 4 members (excludes halogenated alkanes) is 1. The molecule has 2 aliphatic rings. The maximum absolute atomic E-state index is 11.6. The molecule has 17 heavy (non-hydrogen) atoms. The van der Waals surface area contributed by atoms with Crippen molar-refractivity contribution < 1.29 is 14.3 Å². The number of ketones is 1. The molecule has 4 heteroatoms. The molecule has 1 amide bonds. The molecule has 2 fully saturated rings. The number of nitrogens with zero attached hydrogens (tertiary/aromatic N) is 1. The highest BCUT2D eigenvalue weighted by atomic mass is 16.6. The van der Waals surface area contributed by atoms with Crippen molar-refractivity contribution in [2.24, 2.45) is 5.41 Å². The second kappa shape index (κ2) is 5.07. The molecule has 0 N–H and O–H groups in total. The first-order valence-electron chi connectivity index (χ1n) is 6.59. The molecule has 1 saturated heterocycles. The maximum Gasteiger partial charge on any atom is 0.409 e. The van der Waals surface area contributed by atoms with E-state index >= 15 is 0 Å². The highest BCUT2D eigenvalue weighted by Crippen LogP contribution is 2.42. The third-order valence-corrected chi connectivity index (χ3v) is 3.90. The topological polar surface area (TPSA) is 46.6 Å². The van der Waals surface area contributed by atoms with Crippen LogP contribution in [0, 0.1) is 5.41 Å². The summed E-state index contributed by atoms with van der Waals surface area (Å²) in [5.74, 6) is 0.375. The van der Waals surface area contributed by atoms with Gasteiger partial charge < -0.3 is 9.64 Å². The predicted molar refractivity (Wildman–Crippen MR) is 63.7 cm³/mol. The van der Waals surface area contributed by atoms with Crippen molar-refractivity contribution in [1.29, 1.82) is 0 Å². The van der Waals surface area contributed by atoms with Gasteiger partial charge in [0, 0.05) is 31.3 Å². The van der Waals surface area contributed by atoms with Gasteiger partial charge in [0.2, 0.25) is 0 Å². The highest BCUT2D eigenvalue weighted by Gasteiger charge is 2.47. The van der Waals surface area contributed by atoms with Crippen LogP contribution in [0.25, 0.3) is 0 Å². The van der Waals surface area contributed by atoms with E-state index in [0.717, 1.165) is 38.8 Å². The minimum Gasteiger partial charge on any atom is -0.449 e. The molecule has 4 nitrogen and oxygen atoms in total. The van der Waals surface area contributed by atoms with Gasteiger partial charge in [0.25, 0.3) is 0 Å². The molecule has 0 aromatic rings. The smallest absolute Gasteiger partial charge is 0.409 e. The fourth-order valence-corrected chi connectivity index (χ4v) is 2.66. The Bertz CT molecular complexity index is 296. The lowest BCUT2D eigenvalue weighted by Crippen LogP contribution is -2.59. The molecule has 0 aromatic carbocycles. The first kappa shape index (κ1) is 12.4. The van der Waals surface area contributed by atoms with Gasteiger partial charge >= 0.3 is 6.09 Å². The van der Waals surface area contributed by atoms with E-state index in [1.54, 1.807) is 4.90 Å². The second-order valence-corrected chi connectivity index (χ2v) is 5.36. The summed E-state index contributed by atoms with van der Waals surface area (Å²) in [7, 11) is 0. The van der Waals surface area contributed by atoms with Gasteiger partial charge in [-0.25, -0.2) is 4.79 Å². The highest BCUT2D eigenvalue weighted by molar-refractivity contribution is 5.79. The van der Waals surface area contributed by atoms with Gasteiger partial charge in [-0.3, -0.25) is 4.79 Å². The number of carbonyl (C=O) groups excluding carboxylic acids is 2. The molecule has 0 bridgehead atoms. The summed E-state index contributed by atoms with van der Waals surface area (Å²) in [5, 5.41) is 0. The van der Waals surface area contributed by atoms with Crippen LogP contribution in [-0.2, 0) is 9.53 Å². The van der Waals surface area contributed by atoms with Crippen molar-refractivity contribution in [2.75, 3.05) is 19.7 Å². The Morgan fingerprint density at radius 1 is 1.35 bits per heavy atom. The van der Waals surface area contributed by atoms with Gasteiger partial charge in [-0.1, -0.05) is 13.3 Å². The Hall–Kier alpha value is -1.06. The molecular formula is C13H21NO3. The molecule has 1 heterocycles. The fraction of sp³-hybridized carbons (Fsp3) is 0.846. The van der Waals surface area contributed by atoms with E-state index in [1.165, 1.54) is 0 Å². The van der Waals surface area contributed by atoms with Gasteiger partial charge in [-0.15, -0.1) is 0 Å². The fourth-order valence-electron chi connectivity index (χ4n) is 2.66. The molecule has 1 aliphatic carbocycles. The average molecular weight is 239 g/mol. The van der Waals surface area contributed by atoms with Gasteiger partial charge in [-0.2, -0.15) is 0 Å². The van der Waals surface area contributed by atoms with Crippen LogP contribution in [0.1, 0.15) is 45.4 Å². The zero-order valence-electron chi connectivity index (χ0n) is 10.5. The van der Waals surface area contributed by atoms with Crippen molar-refractivity contribution in [3.63, 3.8) is 0 Å². The van der Waals surface area contributed by atoms with E-state index in [1.807, 2.05) is 0 Å². The summed E-state index contributed by atoms with van der Waals surface area (Å²) in [6, 6.07) is 0. The largest absolute Gasteiger partial charge is 0.449 e. The van der Waals surface area contributed by atoms with Gasteiger partial charge in [-0.05, 0) is 19.3 Å². The Labute approximate surface area is 102 Å². The zero-order valence-corrected chi connectivity index (χ0v) is 10.5. The minimum atomic E-state index is -0.180. The quantitative estimate of drug-likeness (QED) is 0.710. The van der Waals surface area contributed by atoms with Crippen LogP contribution < -0.4 is 0 Å². The van der Waals surface area contributed by atoms with Crippen molar-refractivity contribution >= 4 is 11.9 Å². The summed E-state index contributed by atoms with van der Waals surface area (Å²) in [4.78, 5) is 24.6. The molecule has 1 aliphatic heterocycles. The summed E-state index contributed by atoms with van der Waals surface area (Å²) in [6.07, 6.45) is 5.08. The Morgan fingerprint density at radius 3 is 2.59 bits per heavy atom. The van der Waals surface area contributed by atoms with Gasteiger partial charge in [0.15, 0.2) is 0 Å². The standard InChI is InChI=1S/C13H21NO3/c1-2-3-8-17-12(16)14-9-13(10-14)6-4-11(15)5-7-13/h2-10H2,1H3. The van der Waals surface area contributed by atoms with E-state index in [-0.39, 0.29) is 11.5 Å². The molecule has 0 atom stereocenters. The normalized spacial score (nSPS) is 22.4. The van der Waals surface area contributed by atoms with E-state index in [9.17, 15) is 9.59 Å². The first-order valence-corrected chi connectivity index (χ1v) is 6.59. The van der Waals surface area contributed by atoms with E-state index in [4.69, 9.17) is 4.74 Å². The van der Waals surface area contributed by atoms with Crippen LogP contribution >= 0.6 is 0 Å². The summed E-state index contributed by atoms with van der Waals surface area (Å²) in [6.45, 7) is 4.17. The Kier molecular flexibility index (Phi) is 3.69. The molecule has 2 rings (SSSR count). The number of ether oxygens (including phenoxy) is 1. The number of hydrogen-bond donors (Lipinski definition) is 0. The molecule has 0 unspecified atom stereocenters. The molecule has 0 radical (unpaired) electrons. The van der Waals surface area contributed by atoms with Crippen LogP contribution in [0.2, 0.25) is 0 Å². The molecular weight excluding hydrogens is 218 g/mol. The van der Waals surface area contributed by atoms with Crippen LogP contribution in [0.3, 0.4) is 0 Å². The summed E-state index contributed by atoms with van der Waals surface area (Å²) in [5.41, 5.74) is 0.234. The number of carbonyl (C=O) groups is 2. The Morgan fingerprint density at radius 2 is 2.00 bits per heavy atom. The monoisotopic (exact) mass is 239 g/mol. The SMILES string of the molecule is CCCCOC(=O)N1CC2(CCC(=O)CC2)C1. The van der Waals surface area contributed by atoms with E-state index in [2.05, 4.69) is 6.92 Å². The summed E-state index contributed by atoms with van der Waals surface area (Å²) >= 11 is 0. The van der Waals surface area contributed by atoms with Crippen molar-refractivity contribution in [2.45, 2.75) is 45.4 Å². The first-order chi connectivity index (χ1) is 8.15. The number of amides is 1. The van der Waals surface area contributed by atoms with Crippen LogP contribution in [0.4, 0.5) is 4.79 Å². The zero-order chi connectivity index (χ0) is 12.3. The number of rotatable bonds is 3. The van der Waals surface area contributed by atoms with Crippen LogP contribution in [0.5, 0.6) is 0 Å². The third kappa shape index (κ3) is 2.79. The van der Waals surface area contributed by atoms with Crippen molar-refractivity contribution in [3.8, 4) is 0 Å². The lowest BCUT2D eigenvalue weighted by Gasteiger charge is -2.51.